The molecule has 4 rings (SSSR count). The minimum Gasteiger partial charge on any atom is -0.337 e. The highest BCUT2D eigenvalue weighted by Crippen LogP contribution is 2.28. The van der Waals surface area contributed by atoms with Crippen LogP contribution in [-0.2, 0) is 6.54 Å². The van der Waals surface area contributed by atoms with Crippen LogP contribution >= 0.6 is 0 Å². The van der Waals surface area contributed by atoms with E-state index >= 15 is 0 Å². The number of nitrogens with one attached hydrogen (secondary N) is 1. The number of aromatic nitrogens is 4. The normalized spacial score (nSPS) is 11.0. The number of fused-ring (bicyclic) bond motifs is 1. The van der Waals surface area contributed by atoms with E-state index in [0.29, 0.717) is 12.1 Å². The minimum absolute atomic E-state index is 0.0516. The van der Waals surface area contributed by atoms with E-state index in [4.69, 9.17) is 4.98 Å². The lowest BCUT2D eigenvalue weighted by molar-refractivity contribution is 0.0787. The summed E-state index contributed by atoms with van der Waals surface area (Å²) in [7, 11) is 1.81. The van der Waals surface area contributed by atoms with E-state index in [2.05, 4.69) is 22.1 Å². The van der Waals surface area contributed by atoms with E-state index in [1.807, 2.05) is 37.3 Å². The molecule has 6 nitrogen and oxygen atoms in total. The van der Waals surface area contributed by atoms with Crippen molar-refractivity contribution >= 4 is 16.8 Å². The third-order valence-corrected chi connectivity index (χ3v) is 5.02. The van der Waals surface area contributed by atoms with Crippen molar-refractivity contribution in [3.8, 4) is 11.3 Å². The Bertz CT molecular complexity index is 1140. The molecular formula is C22H21N5O. The molecule has 0 unspecified atom stereocenters. The zero-order valence-corrected chi connectivity index (χ0v) is 16.1. The first kappa shape index (κ1) is 17.9. The molecule has 1 aromatic carbocycles. The quantitative estimate of drug-likeness (QED) is 0.590. The Labute approximate surface area is 163 Å². The molecule has 4 aromatic rings. The smallest absolute Gasteiger partial charge is 0.254 e. The number of H-pyrrole nitrogens is 1. The highest BCUT2D eigenvalue weighted by molar-refractivity contribution is 6.07. The summed E-state index contributed by atoms with van der Waals surface area (Å²) in [6.45, 7) is 4.58. The van der Waals surface area contributed by atoms with E-state index in [0.717, 1.165) is 38.9 Å². The molecule has 0 bridgehead atoms. The number of aryl methyl sites for hydroxylation is 2. The standard InChI is InChI=1S/C22H21N5O/c1-14-6-7-18-19(22(28)27(3)13-16-5-4-8-23-10-16)9-20(17-11-24-25-12-17)26-21(18)15(14)2/h4-12H,13H2,1-3H3,(H,24,25). The van der Waals surface area contributed by atoms with Crippen molar-refractivity contribution in [2.24, 2.45) is 0 Å². The average molecular weight is 371 g/mol. The lowest BCUT2D eigenvalue weighted by Gasteiger charge is -2.19. The van der Waals surface area contributed by atoms with Crippen LogP contribution in [0, 0.1) is 13.8 Å². The van der Waals surface area contributed by atoms with Gasteiger partial charge in [-0.15, -0.1) is 0 Å². The molecule has 140 valence electrons. The summed E-state index contributed by atoms with van der Waals surface area (Å²) < 4.78 is 0. The molecule has 3 heterocycles. The second-order valence-electron chi connectivity index (χ2n) is 6.97. The van der Waals surface area contributed by atoms with Crippen molar-refractivity contribution in [3.63, 3.8) is 0 Å². The molecule has 3 aromatic heterocycles. The molecule has 1 amide bonds. The lowest BCUT2D eigenvalue weighted by atomic mass is 9.99. The SMILES string of the molecule is Cc1ccc2c(C(=O)N(C)Cc3cccnc3)cc(-c3cn[nH]c3)nc2c1C. The molecular weight excluding hydrogens is 350 g/mol. The number of rotatable bonds is 4. The Hall–Kier alpha value is -3.54. The van der Waals surface area contributed by atoms with Gasteiger partial charge in [0.1, 0.15) is 0 Å². The maximum atomic E-state index is 13.3. The monoisotopic (exact) mass is 371 g/mol. The summed E-state index contributed by atoms with van der Waals surface area (Å²) >= 11 is 0. The second-order valence-corrected chi connectivity index (χ2v) is 6.97. The topological polar surface area (TPSA) is 74.8 Å². The van der Waals surface area contributed by atoms with Crippen LogP contribution in [0.5, 0.6) is 0 Å². The highest BCUT2D eigenvalue weighted by atomic mass is 16.2. The highest BCUT2D eigenvalue weighted by Gasteiger charge is 2.19. The lowest BCUT2D eigenvalue weighted by Crippen LogP contribution is -2.26. The summed E-state index contributed by atoms with van der Waals surface area (Å²) in [5.74, 6) is -0.0516. The predicted octanol–water partition coefficient (Wildman–Crippen LogP) is 3.91. The molecule has 0 spiro atoms. The van der Waals surface area contributed by atoms with Crippen molar-refractivity contribution in [1.82, 2.24) is 25.1 Å². The largest absolute Gasteiger partial charge is 0.337 e. The molecule has 0 aliphatic rings. The third kappa shape index (κ3) is 3.24. The Balaban J connectivity index is 1.82. The molecule has 0 saturated heterocycles. The zero-order valence-electron chi connectivity index (χ0n) is 16.1. The summed E-state index contributed by atoms with van der Waals surface area (Å²) in [4.78, 5) is 24.0. The number of carbonyl (C=O) groups is 1. The van der Waals surface area contributed by atoms with Gasteiger partial charge in [-0.2, -0.15) is 5.10 Å². The van der Waals surface area contributed by atoms with Crippen molar-refractivity contribution in [1.29, 1.82) is 0 Å². The van der Waals surface area contributed by atoms with Gasteiger partial charge in [-0.1, -0.05) is 18.2 Å². The van der Waals surface area contributed by atoms with Crippen molar-refractivity contribution in [2.75, 3.05) is 7.05 Å². The summed E-state index contributed by atoms with van der Waals surface area (Å²) in [6, 6.07) is 9.71. The van der Waals surface area contributed by atoms with Gasteiger partial charge in [0.15, 0.2) is 0 Å². The van der Waals surface area contributed by atoms with Gasteiger partial charge in [0.05, 0.1) is 23.0 Å². The van der Waals surface area contributed by atoms with Gasteiger partial charge in [0, 0.05) is 43.1 Å². The molecule has 0 saturated carbocycles. The van der Waals surface area contributed by atoms with Crippen LogP contribution in [0.25, 0.3) is 22.2 Å². The molecule has 1 N–H and O–H groups in total. The second kappa shape index (κ2) is 7.23. The number of aromatic amines is 1. The fourth-order valence-corrected chi connectivity index (χ4v) is 3.29. The Morgan fingerprint density at radius 2 is 2.04 bits per heavy atom. The molecule has 0 aliphatic heterocycles. The first-order valence-electron chi connectivity index (χ1n) is 9.09. The van der Waals surface area contributed by atoms with Gasteiger partial charge in [-0.05, 0) is 42.7 Å². The molecule has 0 aliphatic carbocycles. The first-order valence-corrected chi connectivity index (χ1v) is 9.09. The number of benzene rings is 1. The van der Waals surface area contributed by atoms with Gasteiger partial charge >= 0.3 is 0 Å². The van der Waals surface area contributed by atoms with Crippen molar-refractivity contribution < 1.29 is 4.79 Å². The van der Waals surface area contributed by atoms with Gasteiger partial charge in [0.25, 0.3) is 5.91 Å². The molecule has 28 heavy (non-hydrogen) atoms. The summed E-state index contributed by atoms with van der Waals surface area (Å²) in [5, 5.41) is 7.69. The van der Waals surface area contributed by atoms with Gasteiger partial charge < -0.3 is 4.90 Å². The Morgan fingerprint density at radius 3 is 2.75 bits per heavy atom. The average Bonchev–Trinajstić information content (AvgIpc) is 3.25. The van der Waals surface area contributed by atoms with Crippen molar-refractivity contribution in [2.45, 2.75) is 20.4 Å². The summed E-state index contributed by atoms with van der Waals surface area (Å²) in [6.07, 6.45) is 7.00. The van der Waals surface area contributed by atoms with Crippen LogP contribution in [0.3, 0.4) is 0 Å². The Kier molecular flexibility index (Phi) is 4.61. The number of pyridine rings is 2. The van der Waals surface area contributed by atoms with Gasteiger partial charge in [0.2, 0.25) is 0 Å². The van der Waals surface area contributed by atoms with Crippen LogP contribution in [0.15, 0.2) is 55.1 Å². The number of hydrogen-bond donors (Lipinski definition) is 1. The molecule has 0 atom stereocenters. The van der Waals surface area contributed by atoms with Crippen LogP contribution in [0.2, 0.25) is 0 Å². The van der Waals surface area contributed by atoms with Crippen LogP contribution < -0.4 is 0 Å². The minimum atomic E-state index is -0.0516. The maximum absolute atomic E-state index is 13.3. The van der Waals surface area contributed by atoms with E-state index in [9.17, 15) is 4.79 Å². The summed E-state index contributed by atoms with van der Waals surface area (Å²) in [5.41, 5.74) is 6.27. The maximum Gasteiger partial charge on any atom is 0.254 e. The van der Waals surface area contributed by atoms with Crippen molar-refractivity contribution in [3.05, 3.63) is 77.4 Å². The van der Waals surface area contributed by atoms with Crippen LogP contribution in [0.4, 0.5) is 0 Å². The molecule has 0 fully saturated rings. The first-order chi connectivity index (χ1) is 13.5. The molecule has 6 heteroatoms. The van der Waals surface area contributed by atoms with Crippen LogP contribution in [-0.4, -0.2) is 38.0 Å². The predicted molar refractivity (Wildman–Crippen MR) is 109 cm³/mol. The van der Waals surface area contributed by atoms with E-state index in [-0.39, 0.29) is 5.91 Å². The van der Waals surface area contributed by atoms with Gasteiger partial charge in [-0.25, -0.2) is 4.98 Å². The fraction of sp³-hybridized carbons (Fsp3) is 0.182. The Morgan fingerprint density at radius 1 is 1.18 bits per heavy atom. The van der Waals surface area contributed by atoms with Gasteiger partial charge in [-0.3, -0.25) is 14.9 Å². The number of nitrogens with zero attached hydrogens (tertiary/aromatic N) is 4. The van der Waals surface area contributed by atoms with E-state index in [1.165, 1.54) is 0 Å². The van der Waals surface area contributed by atoms with Crippen LogP contribution in [0.1, 0.15) is 27.0 Å². The fourth-order valence-electron chi connectivity index (χ4n) is 3.29. The zero-order chi connectivity index (χ0) is 19.7. The number of amides is 1. The molecule has 0 radical (unpaired) electrons. The number of hydrogen-bond acceptors (Lipinski definition) is 4. The third-order valence-electron chi connectivity index (χ3n) is 5.02. The number of carbonyl (C=O) groups excluding carboxylic acids is 1. The van der Waals surface area contributed by atoms with E-state index < -0.39 is 0 Å². The van der Waals surface area contributed by atoms with E-state index in [1.54, 1.807) is 36.7 Å².